The fourth-order valence-corrected chi connectivity index (χ4v) is 4.45. The number of hydrogen-bond acceptors (Lipinski definition) is 3. The summed E-state index contributed by atoms with van der Waals surface area (Å²) in [7, 11) is -3.98. The van der Waals surface area contributed by atoms with Crippen molar-refractivity contribution in [1.82, 2.24) is 9.62 Å². The van der Waals surface area contributed by atoms with Gasteiger partial charge in [0.15, 0.2) is 0 Å². The Morgan fingerprint density at radius 3 is 2.03 bits per heavy atom. The Bertz CT molecular complexity index is 1120. The number of rotatable bonds is 8. The average molecular weight is 445 g/mol. The molecule has 0 aliphatic heterocycles. The smallest absolute Gasteiger partial charge is 0.243 e. The van der Waals surface area contributed by atoms with Crippen LogP contribution in [-0.2, 0) is 21.4 Å². The fraction of sp³-hybridized carbons (Fsp3) is 0.174. The molecule has 0 spiro atoms. The van der Waals surface area contributed by atoms with E-state index in [1.807, 2.05) is 0 Å². The van der Waals surface area contributed by atoms with Gasteiger partial charge in [-0.25, -0.2) is 17.2 Å². The second-order valence-electron chi connectivity index (χ2n) is 7.05. The molecule has 1 atom stereocenters. The summed E-state index contributed by atoms with van der Waals surface area (Å²) < 4.78 is 53.7. The van der Waals surface area contributed by atoms with Crippen LogP contribution in [0.2, 0.25) is 0 Å². The molecule has 0 aromatic heterocycles. The molecule has 31 heavy (non-hydrogen) atoms. The molecule has 1 N–H and O–H groups in total. The van der Waals surface area contributed by atoms with Crippen LogP contribution in [0.25, 0.3) is 0 Å². The molecular formula is C23H22F2N2O3S. The zero-order valence-corrected chi connectivity index (χ0v) is 17.6. The number of nitrogens with zero attached hydrogens (tertiary/aromatic N) is 1. The summed E-state index contributed by atoms with van der Waals surface area (Å²) >= 11 is 0. The van der Waals surface area contributed by atoms with Crippen LogP contribution in [0.15, 0.2) is 83.8 Å². The first kappa shape index (κ1) is 22.6. The van der Waals surface area contributed by atoms with Crippen molar-refractivity contribution in [3.05, 3.63) is 102 Å². The summed E-state index contributed by atoms with van der Waals surface area (Å²) in [6.45, 7) is 1.19. The van der Waals surface area contributed by atoms with Crippen LogP contribution in [0.1, 0.15) is 24.1 Å². The molecule has 1 unspecified atom stereocenters. The van der Waals surface area contributed by atoms with E-state index in [-0.39, 0.29) is 17.3 Å². The Morgan fingerprint density at radius 1 is 0.903 bits per heavy atom. The molecular weight excluding hydrogens is 422 g/mol. The van der Waals surface area contributed by atoms with Crippen molar-refractivity contribution in [3.8, 4) is 0 Å². The van der Waals surface area contributed by atoms with E-state index in [0.717, 1.165) is 4.31 Å². The molecule has 0 saturated heterocycles. The molecule has 0 heterocycles. The molecule has 3 rings (SSSR count). The Labute approximate surface area is 180 Å². The van der Waals surface area contributed by atoms with E-state index in [2.05, 4.69) is 5.32 Å². The van der Waals surface area contributed by atoms with Gasteiger partial charge >= 0.3 is 0 Å². The van der Waals surface area contributed by atoms with Crippen molar-refractivity contribution in [2.45, 2.75) is 24.4 Å². The van der Waals surface area contributed by atoms with Gasteiger partial charge in [0, 0.05) is 6.54 Å². The van der Waals surface area contributed by atoms with Crippen molar-refractivity contribution in [2.75, 3.05) is 6.54 Å². The van der Waals surface area contributed by atoms with Crippen LogP contribution in [0.5, 0.6) is 0 Å². The minimum Gasteiger partial charge on any atom is -0.348 e. The number of carbonyl (C=O) groups excluding carboxylic acids is 1. The normalized spacial score (nSPS) is 12.5. The number of benzene rings is 3. The maximum Gasteiger partial charge on any atom is 0.243 e. The first-order chi connectivity index (χ1) is 14.8. The predicted molar refractivity (Wildman–Crippen MR) is 113 cm³/mol. The van der Waals surface area contributed by atoms with E-state index < -0.39 is 34.3 Å². The van der Waals surface area contributed by atoms with Crippen LogP contribution in [0.4, 0.5) is 8.78 Å². The lowest BCUT2D eigenvalue weighted by Gasteiger charge is -2.23. The van der Waals surface area contributed by atoms with Gasteiger partial charge in [0.1, 0.15) is 11.6 Å². The highest BCUT2D eigenvalue weighted by molar-refractivity contribution is 7.89. The van der Waals surface area contributed by atoms with Gasteiger partial charge in [-0.2, -0.15) is 4.31 Å². The summed E-state index contributed by atoms with van der Waals surface area (Å²) in [5.41, 5.74) is 1.23. The predicted octanol–water partition coefficient (Wildman–Crippen LogP) is 4.03. The monoisotopic (exact) mass is 444 g/mol. The Morgan fingerprint density at radius 2 is 1.45 bits per heavy atom. The first-order valence-electron chi connectivity index (χ1n) is 9.60. The molecule has 0 saturated carbocycles. The highest BCUT2D eigenvalue weighted by Gasteiger charge is 2.27. The van der Waals surface area contributed by atoms with Crippen molar-refractivity contribution >= 4 is 15.9 Å². The molecule has 0 aliphatic rings. The fourth-order valence-electron chi connectivity index (χ4n) is 3.04. The molecule has 3 aromatic carbocycles. The maximum atomic E-state index is 13.2. The second-order valence-corrected chi connectivity index (χ2v) is 8.99. The third kappa shape index (κ3) is 5.96. The minimum atomic E-state index is -3.98. The third-order valence-electron chi connectivity index (χ3n) is 4.72. The standard InChI is InChI=1S/C23H22F2N2O3S/c1-17(19-9-13-21(25)14-10-19)26-23(28)16-27(15-18-7-11-20(24)12-8-18)31(29,30)22-5-3-2-4-6-22/h2-14,17H,15-16H2,1H3,(H,26,28). The summed E-state index contributed by atoms with van der Waals surface area (Å²) in [6.07, 6.45) is 0. The molecule has 0 bridgehead atoms. The Balaban J connectivity index is 1.81. The lowest BCUT2D eigenvalue weighted by atomic mass is 10.1. The molecule has 0 aliphatic carbocycles. The summed E-state index contributed by atoms with van der Waals surface area (Å²) in [5, 5.41) is 2.74. The summed E-state index contributed by atoms with van der Waals surface area (Å²) in [4.78, 5) is 12.7. The Kier molecular flexibility index (Phi) is 7.14. The number of hydrogen-bond donors (Lipinski definition) is 1. The highest BCUT2D eigenvalue weighted by Crippen LogP contribution is 2.19. The summed E-state index contributed by atoms with van der Waals surface area (Å²) in [6, 6.07) is 18.5. The highest BCUT2D eigenvalue weighted by atomic mass is 32.2. The van der Waals surface area contributed by atoms with Crippen molar-refractivity contribution < 1.29 is 22.0 Å². The molecule has 3 aromatic rings. The third-order valence-corrected chi connectivity index (χ3v) is 6.53. The van der Waals surface area contributed by atoms with Crippen molar-refractivity contribution in [2.24, 2.45) is 0 Å². The van der Waals surface area contributed by atoms with Gasteiger partial charge in [-0.05, 0) is 54.4 Å². The van der Waals surface area contributed by atoms with E-state index in [9.17, 15) is 22.0 Å². The van der Waals surface area contributed by atoms with Gasteiger partial charge < -0.3 is 5.32 Å². The Hall–Kier alpha value is -3.10. The average Bonchev–Trinajstić information content (AvgIpc) is 2.75. The molecule has 1 amide bonds. The molecule has 0 fully saturated rings. The quantitative estimate of drug-likeness (QED) is 0.570. The van der Waals surface area contributed by atoms with Crippen LogP contribution < -0.4 is 5.32 Å². The van der Waals surface area contributed by atoms with Gasteiger partial charge in [0.2, 0.25) is 15.9 Å². The zero-order valence-electron chi connectivity index (χ0n) is 16.8. The second kappa shape index (κ2) is 9.80. The molecule has 5 nitrogen and oxygen atoms in total. The SMILES string of the molecule is CC(NC(=O)CN(Cc1ccc(F)cc1)S(=O)(=O)c1ccccc1)c1ccc(F)cc1. The maximum absolute atomic E-state index is 13.2. The van der Waals surface area contributed by atoms with Gasteiger partial charge in [0.25, 0.3) is 0 Å². The largest absolute Gasteiger partial charge is 0.348 e. The number of amides is 1. The van der Waals surface area contributed by atoms with E-state index in [1.54, 1.807) is 37.3 Å². The topological polar surface area (TPSA) is 66.5 Å². The van der Waals surface area contributed by atoms with Crippen LogP contribution in [0, 0.1) is 11.6 Å². The lowest BCUT2D eigenvalue weighted by molar-refractivity contribution is -0.122. The van der Waals surface area contributed by atoms with Crippen molar-refractivity contribution in [1.29, 1.82) is 0 Å². The van der Waals surface area contributed by atoms with Gasteiger partial charge in [-0.3, -0.25) is 4.79 Å². The van der Waals surface area contributed by atoms with E-state index in [1.165, 1.54) is 48.5 Å². The van der Waals surface area contributed by atoms with E-state index in [0.29, 0.717) is 11.1 Å². The lowest BCUT2D eigenvalue weighted by Crippen LogP contribution is -2.41. The first-order valence-corrected chi connectivity index (χ1v) is 11.0. The minimum absolute atomic E-state index is 0.0523. The van der Waals surface area contributed by atoms with E-state index >= 15 is 0 Å². The number of carbonyl (C=O) groups is 1. The molecule has 8 heteroatoms. The van der Waals surface area contributed by atoms with Gasteiger partial charge in [-0.15, -0.1) is 0 Å². The van der Waals surface area contributed by atoms with Crippen LogP contribution >= 0.6 is 0 Å². The number of nitrogens with one attached hydrogen (secondary N) is 1. The van der Waals surface area contributed by atoms with Crippen LogP contribution in [0.3, 0.4) is 0 Å². The zero-order chi connectivity index (χ0) is 22.4. The molecule has 162 valence electrons. The van der Waals surface area contributed by atoms with Crippen LogP contribution in [-0.4, -0.2) is 25.2 Å². The van der Waals surface area contributed by atoms with E-state index in [4.69, 9.17) is 0 Å². The van der Waals surface area contributed by atoms with Gasteiger partial charge in [0.05, 0.1) is 17.5 Å². The van der Waals surface area contributed by atoms with Gasteiger partial charge in [-0.1, -0.05) is 42.5 Å². The summed E-state index contributed by atoms with van der Waals surface area (Å²) in [5.74, 6) is -1.34. The van der Waals surface area contributed by atoms with Crippen molar-refractivity contribution in [3.63, 3.8) is 0 Å². The number of halogens is 2. The molecule has 0 radical (unpaired) electrons. The number of sulfonamides is 1.